The van der Waals surface area contributed by atoms with Crippen molar-refractivity contribution in [3.8, 4) is 5.75 Å². The van der Waals surface area contributed by atoms with E-state index in [-0.39, 0.29) is 17.8 Å². The highest BCUT2D eigenvalue weighted by atomic mass is 19.1. The summed E-state index contributed by atoms with van der Waals surface area (Å²) < 4.78 is 19.1. The molecule has 0 saturated heterocycles. The second-order valence-electron chi connectivity index (χ2n) is 6.27. The predicted molar refractivity (Wildman–Crippen MR) is 102 cm³/mol. The Hall–Kier alpha value is -2.88. The van der Waals surface area contributed by atoms with E-state index >= 15 is 0 Å². The number of benzene rings is 3. The van der Waals surface area contributed by atoms with Crippen molar-refractivity contribution < 1.29 is 13.9 Å². The van der Waals surface area contributed by atoms with E-state index in [4.69, 9.17) is 4.74 Å². The lowest BCUT2D eigenvalue weighted by Gasteiger charge is -2.21. The van der Waals surface area contributed by atoms with Crippen LogP contribution in [0.5, 0.6) is 5.75 Å². The van der Waals surface area contributed by atoms with Crippen LogP contribution in [0.3, 0.4) is 0 Å². The van der Waals surface area contributed by atoms with Gasteiger partial charge in [-0.3, -0.25) is 4.79 Å². The molecule has 0 aliphatic carbocycles. The van der Waals surface area contributed by atoms with Crippen LogP contribution in [-0.2, 0) is 4.79 Å². The number of amides is 1. The van der Waals surface area contributed by atoms with Gasteiger partial charge in [-0.05, 0) is 42.5 Å². The number of carbonyl (C=O) groups is 1. The molecule has 0 unspecified atom stereocenters. The third-order valence-corrected chi connectivity index (χ3v) is 4.41. The molecule has 3 rings (SSSR count). The van der Waals surface area contributed by atoms with Crippen LogP contribution in [0.25, 0.3) is 10.8 Å². The van der Waals surface area contributed by atoms with E-state index in [1.807, 2.05) is 56.3 Å². The summed E-state index contributed by atoms with van der Waals surface area (Å²) in [5.74, 6) is 0.217. The molecule has 0 saturated carbocycles. The molecule has 0 aliphatic heterocycles. The molecule has 0 fully saturated rings. The van der Waals surface area contributed by atoms with Crippen molar-refractivity contribution in [2.24, 2.45) is 0 Å². The highest BCUT2D eigenvalue weighted by Gasteiger charge is 2.21. The summed E-state index contributed by atoms with van der Waals surface area (Å²) >= 11 is 0. The fourth-order valence-electron chi connectivity index (χ4n) is 2.92. The Kier molecular flexibility index (Phi) is 5.52. The topological polar surface area (TPSA) is 38.3 Å². The van der Waals surface area contributed by atoms with Crippen LogP contribution in [0.15, 0.2) is 66.7 Å². The van der Waals surface area contributed by atoms with Crippen molar-refractivity contribution in [2.75, 3.05) is 0 Å². The second-order valence-corrected chi connectivity index (χ2v) is 6.27. The van der Waals surface area contributed by atoms with E-state index in [9.17, 15) is 9.18 Å². The van der Waals surface area contributed by atoms with Gasteiger partial charge in [-0.1, -0.05) is 55.5 Å². The monoisotopic (exact) mass is 351 g/mol. The molecule has 3 aromatic carbocycles. The lowest BCUT2D eigenvalue weighted by Crippen LogP contribution is -2.39. The first-order valence-corrected chi connectivity index (χ1v) is 8.78. The Bertz CT molecular complexity index is 887. The molecule has 0 spiro atoms. The zero-order chi connectivity index (χ0) is 18.5. The van der Waals surface area contributed by atoms with Crippen LogP contribution in [0.4, 0.5) is 4.39 Å². The SMILES string of the molecule is CC[C@H](Oc1cccc2ccccc12)C(=O)N[C@@H](C)c1ccc(F)cc1. The molecule has 1 amide bonds. The number of rotatable bonds is 6. The second kappa shape index (κ2) is 8.00. The molecule has 0 aliphatic rings. The first-order chi connectivity index (χ1) is 12.6. The minimum atomic E-state index is -0.594. The van der Waals surface area contributed by atoms with Crippen LogP contribution in [-0.4, -0.2) is 12.0 Å². The molecule has 3 nitrogen and oxygen atoms in total. The first kappa shape index (κ1) is 17.9. The summed E-state index contributed by atoms with van der Waals surface area (Å²) in [6, 6.07) is 19.6. The number of carbonyl (C=O) groups excluding carboxylic acids is 1. The fourth-order valence-corrected chi connectivity index (χ4v) is 2.92. The molecule has 0 radical (unpaired) electrons. The van der Waals surface area contributed by atoms with Crippen LogP contribution >= 0.6 is 0 Å². The van der Waals surface area contributed by atoms with Gasteiger partial charge in [0.05, 0.1) is 6.04 Å². The largest absolute Gasteiger partial charge is 0.480 e. The fraction of sp³-hybridized carbons (Fsp3) is 0.227. The third-order valence-electron chi connectivity index (χ3n) is 4.41. The molecule has 3 aromatic rings. The van der Waals surface area contributed by atoms with E-state index in [0.717, 1.165) is 16.3 Å². The van der Waals surface area contributed by atoms with E-state index in [1.165, 1.54) is 12.1 Å². The van der Waals surface area contributed by atoms with Gasteiger partial charge in [-0.25, -0.2) is 4.39 Å². The summed E-state index contributed by atoms with van der Waals surface area (Å²) in [4.78, 5) is 12.7. The number of ether oxygens (including phenoxy) is 1. The molecular formula is C22H22FNO2. The van der Waals surface area contributed by atoms with E-state index < -0.39 is 6.10 Å². The first-order valence-electron chi connectivity index (χ1n) is 8.78. The number of hydrogen-bond donors (Lipinski definition) is 1. The lowest BCUT2D eigenvalue weighted by molar-refractivity contribution is -0.128. The summed E-state index contributed by atoms with van der Waals surface area (Å²) in [6.07, 6.45) is -0.0470. The average molecular weight is 351 g/mol. The van der Waals surface area contributed by atoms with Crippen LogP contribution in [0.2, 0.25) is 0 Å². The van der Waals surface area contributed by atoms with Crippen LogP contribution < -0.4 is 10.1 Å². The molecule has 4 heteroatoms. The zero-order valence-electron chi connectivity index (χ0n) is 14.9. The Morgan fingerprint density at radius 3 is 2.46 bits per heavy atom. The number of nitrogens with one attached hydrogen (secondary N) is 1. The van der Waals surface area contributed by atoms with Crippen LogP contribution in [0.1, 0.15) is 31.9 Å². The molecule has 2 atom stereocenters. The molecular weight excluding hydrogens is 329 g/mol. The van der Waals surface area contributed by atoms with E-state index in [2.05, 4.69) is 5.32 Å². The minimum absolute atomic E-state index is 0.183. The Morgan fingerprint density at radius 2 is 1.73 bits per heavy atom. The molecule has 1 N–H and O–H groups in total. The molecule has 0 heterocycles. The summed E-state index contributed by atoms with van der Waals surface area (Å²) in [6.45, 7) is 3.79. The van der Waals surface area contributed by atoms with Crippen molar-refractivity contribution in [3.63, 3.8) is 0 Å². The van der Waals surface area contributed by atoms with Gasteiger partial charge in [-0.15, -0.1) is 0 Å². The molecule has 0 aromatic heterocycles. The zero-order valence-corrected chi connectivity index (χ0v) is 14.9. The van der Waals surface area contributed by atoms with Gasteiger partial charge in [0.2, 0.25) is 0 Å². The predicted octanol–water partition coefficient (Wildman–Crippen LogP) is 5.01. The standard InChI is InChI=1S/C22H22FNO2/c1-3-20(22(25)24-15(2)16-11-13-18(23)14-12-16)26-21-10-6-8-17-7-4-5-9-19(17)21/h4-15,20H,3H2,1-2H3,(H,24,25)/t15-,20-/m0/s1. The molecule has 26 heavy (non-hydrogen) atoms. The number of halogens is 1. The Balaban J connectivity index is 1.73. The highest BCUT2D eigenvalue weighted by molar-refractivity contribution is 5.89. The number of fused-ring (bicyclic) bond motifs is 1. The molecule has 0 bridgehead atoms. The normalized spacial score (nSPS) is 13.2. The highest BCUT2D eigenvalue weighted by Crippen LogP contribution is 2.26. The van der Waals surface area contributed by atoms with Crippen molar-refractivity contribution in [1.82, 2.24) is 5.32 Å². The summed E-state index contributed by atoms with van der Waals surface area (Å²) in [7, 11) is 0. The van der Waals surface area contributed by atoms with Crippen LogP contribution in [0, 0.1) is 5.82 Å². The average Bonchev–Trinajstić information content (AvgIpc) is 2.66. The molecule has 134 valence electrons. The minimum Gasteiger partial charge on any atom is -0.480 e. The van der Waals surface area contributed by atoms with Crippen molar-refractivity contribution in [1.29, 1.82) is 0 Å². The van der Waals surface area contributed by atoms with Crippen molar-refractivity contribution in [3.05, 3.63) is 78.1 Å². The Labute approximate surface area is 152 Å². The van der Waals surface area contributed by atoms with Gasteiger partial charge in [0.1, 0.15) is 11.6 Å². The maximum atomic E-state index is 13.1. The lowest BCUT2D eigenvalue weighted by atomic mass is 10.1. The van der Waals surface area contributed by atoms with Gasteiger partial charge in [-0.2, -0.15) is 0 Å². The van der Waals surface area contributed by atoms with E-state index in [1.54, 1.807) is 12.1 Å². The smallest absolute Gasteiger partial charge is 0.261 e. The van der Waals surface area contributed by atoms with Gasteiger partial charge < -0.3 is 10.1 Å². The maximum absolute atomic E-state index is 13.1. The third kappa shape index (κ3) is 4.02. The van der Waals surface area contributed by atoms with Gasteiger partial charge in [0.15, 0.2) is 6.10 Å². The quantitative estimate of drug-likeness (QED) is 0.678. The van der Waals surface area contributed by atoms with Crippen molar-refractivity contribution in [2.45, 2.75) is 32.4 Å². The van der Waals surface area contributed by atoms with Gasteiger partial charge >= 0.3 is 0 Å². The van der Waals surface area contributed by atoms with Gasteiger partial charge in [0, 0.05) is 5.39 Å². The summed E-state index contributed by atoms with van der Waals surface area (Å²) in [5, 5.41) is 5.00. The summed E-state index contributed by atoms with van der Waals surface area (Å²) in [5.41, 5.74) is 0.847. The van der Waals surface area contributed by atoms with E-state index in [0.29, 0.717) is 12.2 Å². The Morgan fingerprint density at radius 1 is 1.04 bits per heavy atom. The van der Waals surface area contributed by atoms with Gasteiger partial charge in [0.25, 0.3) is 5.91 Å². The number of hydrogen-bond acceptors (Lipinski definition) is 2. The van der Waals surface area contributed by atoms with Crippen molar-refractivity contribution >= 4 is 16.7 Å². The maximum Gasteiger partial charge on any atom is 0.261 e.